The van der Waals surface area contributed by atoms with Crippen molar-refractivity contribution in [3.05, 3.63) is 70.4 Å². The standard InChI is InChI=1S/C20H18ClN3O4S/c1-4-24(29(26,27)18-14(2)22-23(3)19(18)21)20(25)17-13-12-16(28-17)11-10-15-8-6-5-7-9-15/h5-9,12-13H,4H2,1-3H3. The average molecular weight is 432 g/mol. The van der Waals surface area contributed by atoms with Crippen LogP contribution in [0.2, 0.25) is 5.15 Å². The predicted molar refractivity (Wildman–Crippen MR) is 108 cm³/mol. The van der Waals surface area contributed by atoms with E-state index >= 15 is 0 Å². The second kappa shape index (κ2) is 8.15. The average Bonchev–Trinajstić information content (AvgIpc) is 3.25. The lowest BCUT2D eigenvalue weighted by molar-refractivity contribution is 0.0835. The number of aryl methyl sites for hydroxylation is 2. The first-order valence-corrected chi connectivity index (χ1v) is 10.5. The monoisotopic (exact) mass is 431 g/mol. The smallest absolute Gasteiger partial charge is 0.303 e. The molecule has 0 radical (unpaired) electrons. The lowest BCUT2D eigenvalue weighted by atomic mass is 10.2. The molecule has 0 saturated heterocycles. The molecule has 0 atom stereocenters. The summed E-state index contributed by atoms with van der Waals surface area (Å²) in [6, 6.07) is 12.2. The second-order valence-electron chi connectivity index (χ2n) is 6.08. The fraction of sp³-hybridized carbons (Fsp3) is 0.200. The van der Waals surface area contributed by atoms with Gasteiger partial charge in [-0.3, -0.25) is 9.48 Å². The van der Waals surface area contributed by atoms with Crippen LogP contribution in [0.3, 0.4) is 0 Å². The molecule has 2 heterocycles. The second-order valence-corrected chi connectivity index (χ2v) is 8.24. The predicted octanol–water partition coefficient (Wildman–Crippen LogP) is 3.23. The van der Waals surface area contributed by atoms with Crippen LogP contribution in [-0.2, 0) is 17.1 Å². The zero-order chi connectivity index (χ0) is 21.2. The number of halogens is 1. The molecule has 0 aliphatic carbocycles. The lowest BCUT2D eigenvalue weighted by Gasteiger charge is -2.19. The first-order valence-electron chi connectivity index (χ1n) is 8.68. The normalized spacial score (nSPS) is 11.0. The number of amides is 1. The number of furan rings is 1. The summed E-state index contributed by atoms with van der Waals surface area (Å²) in [5.74, 6) is 5.04. The number of aromatic nitrogens is 2. The molecular formula is C20H18ClN3O4S. The van der Waals surface area contributed by atoms with E-state index in [1.807, 2.05) is 30.3 Å². The van der Waals surface area contributed by atoms with E-state index in [1.54, 1.807) is 6.92 Å². The van der Waals surface area contributed by atoms with E-state index in [2.05, 4.69) is 16.9 Å². The van der Waals surface area contributed by atoms with Gasteiger partial charge < -0.3 is 4.42 Å². The number of benzene rings is 1. The highest BCUT2D eigenvalue weighted by Gasteiger charge is 2.35. The lowest BCUT2D eigenvalue weighted by Crippen LogP contribution is -2.36. The Hall–Kier alpha value is -3.02. The van der Waals surface area contributed by atoms with Crippen molar-refractivity contribution in [1.82, 2.24) is 14.1 Å². The highest BCUT2D eigenvalue weighted by molar-refractivity contribution is 7.89. The molecule has 1 amide bonds. The van der Waals surface area contributed by atoms with Gasteiger partial charge in [-0.25, -0.2) is 12.7 Å². The van der Waals surface area contributed by atoms with Gasteiger partial charge in [-0.2, -0.15) is 5.10 Å². The summed E-state index contributed by atoms with van der Waals surface area (Å²) in [5, 5.41) is 3.94. The molecule has 1 aromatic carbocycles. The van der Waals surface area contributed by atoms with Crippen LogP contribution >= 0.6 is 11.6 Å². The molecule has 9 heteroatoms. The third-order valence-electron chi connectivity index (χ3n) is 4.08. The first kappa shape index (κ1) is 20.7. The first-order chi connectivity index (χ1) is 13.8. The van der Waals surface area contributed by atoms with Gasteiger partial charge in [-0.15, -0.1) is 0 Å². The number of carbonyl (C=O) groups excluding carboxylic acids is 1. The largest absolute Gasteiger partial charge is 0.443 e. The molecule has 2 aromatic heterocycles. The summed E-state index contributed by atoms with van der Waals surface area (Å²) in [7, 11) is -2.69. The van der Waals surface area contributed by atoms with Crippen molar-refractivity contribution in [3.63, 3.8) is 0 Å². The summed E-state index contributed by atoms with van der Waals surface area (Å²) >= 11 is 6.10. The Morgan fingerprint density at radius 3 is 2.48 bits per heavy atom. The van der Waals surface area contributed by atoms with Crippen molar-refractivity contribution in [2.75, 3.05) is 6.54 Å². The van der Waals surface area contributed by atoms with Gasteiger partial charge in [-0.1, -0.05) is 35.7 Å². The summed E-state index contributed by atoms with van der Waals surface area (Å²) in [5.41, 5.74) is 0.994. The van der Waals surface area contributed by atoms with Gasteiger partial charge >= 0.3 is 5.91 Å². The van der Waals surface area contributed by atoms with Crippen molar-refractivity contribution < 1.29 is 17.6 Å². The number of rotatable bonds is 4. The maximum Gasteiger partial charge on any atom is 0.303 e. The minimum absolute atomic E-state index is 0.0670. The molecular weight excluding hydrogens is 414 g/mol. The minimum Gasteiger partial charge on any atom is -0.443 e. The molecule has 0 saturated carbocycles. The van der Waals surface area contributed by atoms with Crippen molar-refractivity contribution in [2.24, 2.45) is 7.05 Å². The molecule has 0 fully saturated rings. The van der Waals surface area contributed by atoms with Crippen molar-refractivity contribution in [3.8, 4) is 11.8 Å². The van der Waals surface area contributed by atoms with Crippen LogP contribution < -0.4 is 0 Å². The number of hydrogen-bond acceptors (Lipinski definition) is 5. The van der Waals surface area contributed by atoms with E-state index in [4.69, 9.17) is 16.0 Å². The molecule has 7 nitrogen and oxygen atoms in total. The van der Waals surface area contributed by atoms with Crippen LogP contribution in [0.4, 0.5) is 0 Å². The van der Waals surface area contributed by atoms with Gasteiger partial charge in [0.05, 0.1) is 5.69 Å². The van der Waals surface area contributed by atoms with E-state index in [9.17, 15) is 13.2 Å². The zero-order valence-corrected chi connectivity index (χ0v) is 17.6. The van der Waals surface area contributed by atoms with Crippen molar-refractivity contribution >= 4 is 27.5 Å². The number of nitrogens with zero attached hydrogens (tertiary/aromatic N) is 3. The molecule has 0 aliphatic rings. The van der Waals surface area contributed by atoms with Gasteiger partial charge in [0.1, 0.15) is 10.0 Å². The molecule has 0 unspecified atom stereocenters. The van der Waals surface area contributed by atoms with Crippen LogP contribution in [0.1, 0.15) is 34.5 Å². The van der Waals surface area contributed by atoms with Gasteiger partial charge in [0.25, 0.3) is 10.0 Å². The van der Waals surface area contributed by atoms with Crippen LogP contribution in [0.15, 0.2) is 51.8 Å². The SMILES string of the molecule is CCN(C(=O)c1ccc(C#Cc2ccccc2)o1)S(=O)(=O)c1c(C)nn(C)c1Cl. The highest BCUT2D eigenvalue weighted by atomic mass is 35.5. The van der Waals surface area contributed by atoms with Crippen LogP contribution in [0.5, 0.6) is 0 Å². The van der Waals surface area contributed by atoms with Crippen molar-refractivity contribution in [2.45, 2.75) is 18.7 Å². The number of hydrogen-bond donors (Lipinski definition) is 0. The Labute approximate surface area is 173 Å². The molecule has 150 valence electrons. The highest BCUT2D eigenvalue weighted by Crippen LogP contribution is 2.28. The maximum absolute atomic E-state index is 13.0. The summed E-state index contributed by atoms with van der Waals surface area (Å²) in [4.78, 5) is 12.6. The Kier molecular flexibility index (Phi) is 5.82. The Morgan fingerprint density at radius 1 is 1.21 bits per heavy atom. The third-order valence-corrected chi connectivity index (χ3v) is 6.64. The van der Waals surface area contributed by atoms with Gasteiger partial charge in [0, 0.05) is 19.2 Å². The molecule has 0 bridgehead atoms. The summed E-state index contributed by atoms with van der Waals surface area (Å²) in [6.45, 7) is 2.97. The molecule has 3 rings (SSSR count). The molecule has 0 aliphatic heterocycles. The van der Waals surface area contributed by atoms with E-state index in [0.717, 1.165) is 5.56 Å². The van der Waals surface area contributed by atoms with Crippen LogP contribution in [-0.4, -0.2) is 35.0 Å². The molecule has 29 heavy (non-hydrogen) atoms. The van der Waals surface area contributed by atoms with E-state index < -0.39 is 15.9 Å². The van der Waals surface area contributed by atoms with Gasteiger partial charge in [0.2, 0.25) is 0 Å². The maximum atomic E-state index is 13.0. The number of carbonyl (C=O) groups is 1. The number of sulfonamides is 1. The molecule has 0 N–H and O–H groups in total. The minimum atomic E-state index is -4.21. The van der Waals surface area contributed by atoms with E-state index in [-0.39, 0.29) is 33.8 Å². The summed E-state index contributed by atoms with van der Waals surface area (Å²) < 4.78 is 33.5. The molecule has 3 aromatic rings. The Morgan fingerprint density at radius 2 is 1.90 bits per heavy atom. The van der Waals surface area contributed by atoms with Crippen LogP contribution in [0, 0.1) is 18.8 Å². The zero-order valence-electron chi connectivity index (χ0n) is 16.0. The summed E-state index contributed by atoms with van der Waals surface area (Å²) in [6.07, 6.45) is 0. The quantitative estimate of drug-likeness (QED) is 0.592. The van der Waals surface area contributed by atoms with Crippen molar-refractivity contribution in [1.29, 1.82) is 0 Å². The van der Waals surface area contributed by atoms with E-state index in [0.29, 0.717) is 4.31 Å². The Balaban J connectivity index is 1.91. The Bertz CT molecular complexity index is 1220. The fourth-order valence-corrected chi connectivity index (χ4v) is 4.83. The van der Waals surface area contributed by atoms with Crippen LogP contribution in [0.25, 0.3) is 0 Å². The van der Waals surface area contributed by atoms with Gasteiger partial charge in [0.15, 0.2) is 11.5 Å². The topological polar surface area (TPSA) is 85.4 Å². The third kappa shape index (κ3) is 4.06. The molecule has 0 spiro atoms. The van der Waals surface area contributed by atoms with E-state index in [1.165, 1.54) is 30.8 Å². The fourth-order valence-electron chi connectivity index (χ4n) is 2.73. The van der Waals surface area contributed by atoms with Gasteiger partial charge in [-0.05, 0) is 44.0 Å².